The first kappa shape index (κ1) is 7.68. The topological polar surface area (TPSA) is 66.5 Å². The van der Waals surface area contributed by atoms with Crippen molar-refractivity contribution in [1.82, 2.24) is 0 Å². The molecule has 0 aliphatic heterocycles. The molecule has 0 saturated heterocycles. The highest BCUT2D eigenvalue weighted by Crippen LogP contribution is 1.83. The molecule has 0 rings (SSSR count). The van der Waals surface area contributed by atoms with Crippen molar-refractivity contribution < 1.29 is 10.0 Å². The molecule has 0 aromatic rings. The van der Waals surface area contributed by atoms with Crippen LogP contribution in [0.5, 0.6) is 0 Å². The normalized spacial score (nSPS) is 10.4. The van der Waals surface area contributed by atoms with Gasteiger partial charge in [-0.1, -0.05) is 12.2 Å². The van der Waals surface area contributed by atoms with Gasteiger partial charge < -0.3 is 15.8 Å². The van der Waals surface area contributed by atoms with E-state index in [1.54, 1.807) is 12.2 Å². The van der Waals surface area contributed by atoms with Crippen molar-refractivity contribution >= 4 is 7.12 Å². The Morgan fingerprint density at radius 2 is 2.00 bits per heavy atom. The molecule has 0 radical (unpaired) electrons. The van der Waals surface area contributed by atoms with Crippen LogP contribution in [0.1, 0.15) is 0 Å². The van der Waals surface area contributed by atoms with Crippen LogP contribution in [0.2, 0.25) is 6.32 Å². The van der Waals surface area contributed by atoms with Gasteiger partial charge in [0.25, 0.3) is 0 Å². The van der Waals surface area contributed by atoms with Gasteiger partial charge >= 0.3 is 7.12 Å². The Morgan fingerprint density at radius 3 is 2.38 bits per heavy atom. The van der Waals surface area contributed by atoms with E-state index in [0.717, 1.165) is 0 Å². The van der Waals surface area contributed by atoms with Crippen LogP contribution < -0.4 is 5.73 Å². The predicted molar refractivity (Wildman–Crippen MR) is 33.2 cm³/mol. The number of rotatable bonds is 3. The molecule has 0 atom stereocenters. The fraction of sp³-hybridized carbons (Fsp3) is 0.500. The van der Waals surface area contributed by atoms with Gasteiger partial charge in [-0.3, -0.25) is 0 Å². The summed E-state index contributed by atoms with van der Waals surface area (Å²) in [6, 6.07) is 0. The summed E-state index contributed by atoms with van der Waals surface area (Å²) >= 11 is 0. The summed E-state index contributed by atoms with van der Waals surface area (Å²) in [5, 5.41) is 16.5. The summed E-state index contributed by atoms with van der Waals surface area (Å²) in [4.78, 5) is 0. The van der Waals surface area contributed by atoms with Crippen LogP contribution in [-0.4, -0.2) is 23.7 Å². The van der Waals surface area contributed by atoms with E-state index in [2.05, 4.69) is 0 Å². The SMILES string of the molecule is NC/C=C/CB(O)O. The van der Waals surface area contributed by atoms with E-state index in [9.17, 15) is 0 Å². The van der Waals surface area contributed by atoms with E-state index in [1.807, 2.05) is 0 Å². The summed E-state index contributed by atoms with van der Waals surface area (Å²) in [5.41, 5.74) is 5.06. The molecule has 3 nitrogen and oxygen atoms in total. The smallest absolute Gasteiger partial charge is 0.427 e. The van der Waals surface area contributed by atoms with Crippen LogP contribution in [0.25, 0.3) is 0 Å². The van der Waals surface area contributed by atoms with E-state index in [-0.39, 0.29) is 6.32 Å². The van der Waals surface area contributed by atoms with E-state index in [1.165, 1.54) is 0 Å². The van der Waals surface area contributed by atoms with E-state index in [0.29, 0.717) is 6.54 Å². The van der Waals surface area contributed by atoms with Crippen LogP contribution in [0.15, 0.2) is 12.2 Å². The molecule has 8 heavy (non-hydrogen) atoms. The van der Waals surface area contributed by atoms with Gasteiger partial charge in [-0.15, -0.1) is 0 Å². The second-order valence-corrected chi connectivity index (χ2v) is 1.42. The molecule has 46 valence electrons. The zero-order valence-corrected chi connectivity index (χ0v) is 4.62. The fourth-order valence-corrected chi connectivity index (χ4v) is 0.314. The molecular weight excluding hydrogens is 105 g/mol. The van der Waals surface area contributed by atoms with Crippen LogP contribution in [0, 0.1) is 0 Å². The standard InChI is InChI=1S/C4H10BNO2/c6-4-2-1-3-5(7)8/h1-2,7-8H,3-4,6H2/b2-1+. The molecule has 0 aromatic carbocycles. The lowest BCUT2D eigenvalue weighted by atomic mass is 9.86. The van der Waals surface area contributed by atoms with Gasteiger partial charge in [0.2, 0.25) is 0 Å². The number of hydrogen-bond donors (Lipinski definition) is 3. The third-order valence-electron chi connectivity index (χ3n) is 0.650. The Morgan fingerprint density at radius 1 is 1.38 bits per heavy atom. The van der Waals surface area contributed by atoms with Gasteiger partial charge in [0.15, 0.2) is 0 Å². The Labute approximate surface area is 49.0 Å². The van der Waals surface area contributed by atoms with Crippen LogP contribution in [0.4, 0.5) is 0 Å². The van der Waals surface area contributed by atoms with Crippen LogP contribution in [0.3, 0.4) is 0 Å². The largest absolute Gasteiger partial charge is 0.455 e. The summed E-state index contributed by atoms with van der Waals surface area (Å²) in [6.45, 7) is 0.451. The van der Waals surface area contributed by atoms with Crippen LogP contribution in [-0.2, 0) is 0 Å². The van der Waals surface area contributed by atoms with E-state index < -0.39 is 7.12 Å². The Hall–Kier alpha value is -0.315. The zero-order valence-electron chi connectivity index (χ0n) is 4.62. The second kappa shape index (κ2) is 4.83. The van der Waals surface area contributed by atoms with E-state index >= 15 is 0 Å². The van der Waals surface area contributed by atoms with Crippen molar-refractivity contribution in [1.29, 1.82) is 0 Å². The maximum atomic E-state index is 8.24. The molecule has 0 heterocycles. The van der Waals surface area contributed by atoms with Crippen molar-refractivity contribution in [3.63, 3.8) is 0 Å². The summed E-state index contributed by atoms with van der Waals surface area (Å²) in [7, 11) is -1.24. The lowest BCUT2D eigenvalue weighted by Gasteiger charge is -1.86. The van der Waals surface area contributed by atoms with Crippen molar-refractivity contribution in [3.8, 4) is 0 Å². The fourth-order valence-electron chi connectivity index (χ4n) is 0.314. The highest BCUT2D eigenvalue weighted by Gasteiger charge is 1.99. The summed E-state index contributed by atoms with van der Waals surface area (Å²) in [5.74, 6) is 0. The Kier molecular flexibility index (Phi) is 4.64. The van der Waals surface area contributed by atoms with Gasteiger partial charge in [0, 0.05) is 6.54 Å². The Bertz CT molecular complexity index is 74.4. The first-order valence-corrected chi connectivity index (χ1v) is 2.48. The number of nitrogens with two attached hydrogens (primary N) is 1. The van der Waals surface area contributed by atoms with Gasteiger partial charge in [-0.05, 0) is 6.32 Å². The molecule has 0 aromatic heterocycles. The van der Waals surface area contributed by atoms with Gasteiger partial charge in [-0.2, -0.15) is 0 Å². The molecule has 0 spiro atoms. The maximum absolute atomic E-state index is 8.24. The Balaban J connectivity index is 3.03. The molecule has 0 bridgehead atoms. The second-order valence-electron chi connectivity index (χ2n) is 1.42. The van der Waals surface area contributed by atoms with Gasteiger partial charge in [-0.25, -0.2) is 0 Å². The lowest BCUT2D eigenvalue weighted by Crippen LogP contribution is -2.08. The van der Waals surface area contributed by atoms with Gasteiger partial charge in [0.1, 0.15) is 0 Å². The summed E-state index contributed by atoms with van der Waals surface area (Å²) < 4.78 is 0. The average molecular weight is 115 g/mol. The molecule has 0 amide bonds. The third kappa shape index (κ3) is 5.68. The van der Waals surface area contributed by atoms with Crippen molar-refractivity contribution in [2.75, 3.05) is 6.54 Å². The quantitative estimate of drug-likeness (QED) is 0.325. The van der Waals surface area contributed by atoms with Crippen LogP contribution >= 0.6 is 0 Å². The molecule has 4 heteroatoms. The minimum absolute atomic E-state index is 0.261. The number of allylic oxidation sites excluding steroid dienone is 1. The predicted octanol–water partition coefficient (Wildman–Crippen LogP) is -1.03. The molecule has 4 N–H and O–H groups in total. The lowest BCUT2D eigenvalue weighted by molar-refractivity contribution is 0.411. The molecule has 0 aliphatic rings. The molecule has 0 unspecified atom stereocenters. The third-order valence-corrected chi connectivity index (χ3v) is 0.650. The highest BCUT2D eigenvalue weighted by atomic mass is 16.4. The average Bonchev–Trinajstić information content (AvgIpc) is 1.66. The molecule has 0 aliphatic carbocycles. The first-order valence-electron chi connectivity index (χ1n) is 2.48. The monoisotopic (exact) mass is 115 g/mol. The summed E-state index contributed by atoms with van der Waals surface area (Å²) in [6.07, 6.45) is 3.57. The van der Waals surface area contributed by atoms with Crippen molar-refractivity contribution in [3.05, 3.63) is 12.2 Å². The molecule has 0 fully saturated rings. The zero-order chi connectivity index (χ0) is 6.41. The van der Waals surface area contributed by atoms with E-state index in [4.69, 9.17) is 15.8 Å². The van der Waals surface area contributed by atoms with Crippen molar-refractivity contribution in [2.24, 2.45) is 5.73 Å². The molecule has 0 saturated carbocycles. The number of hydrogen-bond acceptors (Lipinski definition) is 3. The minimum Gasteiger partial charge on any atom is -0.427 e. The maximum Gasteiger partial charge on any atom is 0.455 e. The molecular formula is C4H10BNO2. The highest BCUT2D eigenvalue weighted by molar-refractivity contribution is 6.41. The van der Waals surface area contributed by atoms with Gasteiger partial charge in [0.05, 0.1) is 0 Å². The minimum atomic E-state index is -1.24. The first-order chi connectivity index (χ1) is 3.77. The van der Waals surface area contributed by atoms with Crippen molar-refractivity contribution in [2.45, 2.75) is 6.32 Å².